The average Bonchev–Trinajstić information content (AvgIpc) is 3.46. The molecule has 0 saturated carbocycles. The van der Waals surface area contributed by atoms with Crippen LogP contribution in [0.15, 0.2) is 122 Å². The Labute approximate surface area is 494 Å². The van der Waals surface area contributed by atoms with E-state index in [4.69, 9.17) is 14.2 Å². The van der Waals surface area contributed by atoms with Crippen LogP contribution in [0.2, 0.25) is 0 Å². The van der Waals surface area contributed by atoms with Crippen LogP contribution in [-0.2, 0) is 28.6 Å². The van der Waals surface area contributed by atoms with E-state index in [0.29, 0.717) is 19.3 Å². The molecule has 0 amide bonds. The number of carbonyl (C=O) groups is 3. The summed E-state index contributed by atoms with van der Waals surface area (Å²) in [6.07, 6.45) is 93.6. The first-order valence-electron chi connectivity index (χ1n) is 33.5. The zero-order valence-corrected chi connectivity index (χ0v) is 52.3. The highest BCUT2D eigenvalue weighted by atomic mass is 16.6. The fourth-order valence-corrected chi connectivity index (χ4v) is 9.15. The summed E-state index contributed by atoms with van der Waals surface area (Å²) in [6, 6.07) is 0. The molecule has 80 heavy (non-hydrogen) atoms. The molecule has 0 N–H and O–H groups in total. The predicted molar refractivity (Wildman–Crippen MR) is 348 cm³/mol. The van der Waals surface area contributed by atoms with Crippen LogP contribution in [0.4, 0.5) is 0 Å². The van der Waals surface area contributed by atoms with Crippen LogP contribution in [-0.4, -0.2) is 37.2 Å². The third kappa shape index (κ3) is 64.6. The summed E-state index contributed by atoms with van der Waals surface area (Å²) in [6.45, 7) is 6.47. The van der Waals surface area contributed by atoms with Gasteiger partial charge in [0, 0.05) is 19.3 Å². The largest absolute Gasteiger partial charge is 0.462 e. The Morgan fingerprint density at radius 3 is 0.775 bits per heavy atom. The van der Waals surface area contributed by atoms with Gasteiger partial charge in [-0.25, -0.2) is 0 Å². The van der Waals surface area contributed by atoms with Crippen LogP contribution >= 0.6 is 0 Å². The van der Waals surface area contributed by atoms with E-state index in [1.54, 1.807) is 0 Å². The van der Waals surface area contributed by atoms with E-state index in [1.807, 2.05) is 0 Å². The highest BCUT2D eigenvalue weighted by Gasteiger charge is 2.19. The number of allylic oxidation sites excluding steroid dienone is 20. The van der Waals surface area contributed by atoms with Crippen molar-refractivity contribution in [2.75, 3.05) is 13.2 Å². The van der Waals surface area contributed by atoms with E-state index in [1.165, 1.54) is 135 Å². The van der Waals surface area contributed by atoms with Gasteiger partial charge >= 0.3 is 17.9 Å². The van der Waals surface area contributed by atoms with Gasteiger partial charge in [-0.15, -0.1) is 0 Å². The molecule has 0 heterocycles. The van der Waals surface area contributed by atoms with Gasteiger partial charge in [-0.05, 0) is 135 Å². The molecule has 6 nitrogen and oxygen atoms in total. The van der Waals surface area contributed by atoms with Gasteiger partial charge in [0.15, 0.2) is 6.10 Å². The third-order valence-electron chi connectivity index (χ3n) is 14.2. The SMILES string of the molecule is CC/C=C\C/C=C\C/C=C\C/C=C\C/C=C\C/C=C\C/C=C\CCCCCCCCCCCCCCCC(=O)OCC(COC(=O)CCCCCCC/C=C\CCCCC)OC(=O)CCCCCCC/C=C\C/C=C\CCCCC. The second-order valence-electron chi connectivity index (χ2n) is 22.0. The molecule has 0 aromatic rings. The monoisotopic (exact) mass is 1110 g/mol. The van der Waals surface area contributed by atoms with Gasteiger partial charge in [-0.1, -0.05) is 277 Å². The minimum absolute atomic E-state index is 0.0866. The van der Waals surface area contributed by atoms with Crippen LogP contribution in [0.5, 0.6) is 0 Å². The molecule has 0 rings (SSSR count). The van der Waals surface area contributed by atoms with Crippen molar-refractivity contribution < 1.29 is 28.6 Å². The smallest absolute Gasteiger partial charge is 0.306 e. The van der Waals surface area contributed by atoms with Crippen molar-refractivity contribution in [1.29, 1.82) is 0 Å². The Bertz CT molecular complexity index is 1650. The summed E-state index contributed by atoms with van der Waals surface area (Å²) in [5.41, 5.74) is 0. The summed E-state index contributed by atoms with van der Waals surface area (Å²) >= 11 is 0. The lowest BCUT2D eigenvalue weighted by Crippen LogP contribution is -2.30. The molecule has 0 aromatic carbocycles. The van der Waals surface area contributed by atoms with Crippen molar-refractivity contribution in [3.8, 4) is 0 Å². The Morgan fingerprint density at radius 2 is 0.487 bits per heavy atom. The molecular formula is C74H124O6. The van der Waals surface area contributed by atoms with Crippen LogP contribution in [0.3, 0.4) is 0 Å². The van der Waals surface area contributed by atoms with E-state index in [-0.39, 0.29) is 31.1 Å². The molecule has 0 radical (unpaired) electrons. The molecule has 0 spiro atoms. The Hall–Kier alpha value is -4.19. The van der Waals surface area contributed by atoms with Gasteiger partial charge in [0.25, 0.3) is 0 Å². The molecule has 0 aliphatic heterocycles. The first kappa shape index (κ1) is 75.8. The lowest BCUT2D eigenvalue weighted by Gasteiger charge is -2.18. The standard InChI is InChI=1S/C74H124O6/c1-4-7-10-13-16-19-22-25-27-28-29-30-31-32-33-34-35-36-37-38-39-40-41-42-43-44-45-46-48-49-52-55-58-61-64-67-73(76)79-70-71(69-78-72(75)66-63-60-57-54-51-24-21-18-15-12-9-6-3)80-74(77)68-65-62-59-56-53-50-47-26-23-20-17-14-11-8-5-2/h7,10,16-21,25-27,29-30,32-33,35-36,38-39,47,71H,4-6,8-9,11-15,22-24,28,31,34,37,40-46,48-70H2,1-3H3/b10-7-,19-16-,20-17-,21-18-,27-25-,30-29-,33-32-,36-35-,39-38-,47-26-. The number of hydrogen-bond acceptors (Lipinski definition) is 6. The molecule has 0 saturated heterocycles. The summed E-state index contributed by atoms with van der Waals surface area (Å²) in [5.74, 6) is -0.905. The van der Waals surface area contributed by atoms with Crippen molar-refractivity contribution in [1.82, 2.24) is 0 Å². The van der Waals surface area contributed by atoms with Crippen LogP contribution < -0.4 is 0 Å². The number of ether oxygens (including phenoxy) is 3. The quantitative estimate of drug-likeness (QED) is 0.0261. The Kier molecular flexibility index (Phi) is 63.8. The summed E-state index contributed by atoms with van der Waals surface area (Å²) < 4.78 is 16.9. The molecular weight excluding hydrogens is 985 g/mol. The van der Waals surface area contributed by atoms with E-state index in [0.717, 1.165) is 135 Å². The van der Waals surface area contributed by atoms with Crippen molar-refractivity contribution in [3.05, 3.63) is 122 Å². The third-order valence-corrected chi connectivity index (χ3v) is 14.2. The minimum atomic E-state index is -0.790. The first-order valence-corrected chi connectivity index (χ1v) is 33.5. The topological polar surface area (TPSA) is 78.9 Å². The minimum Gasteiger partial charge on any atom is -0.462 e. The average molecular weight is 1110 g/mol. The van der Waals surface area contributed by atoms with E-state index in [9.17, 15) is 14.4 Å². The molecule has 6 heteroatoms. The summed E-state index contributed by atoms with van der Waals surface area (Å²) in [7, 11) is 0. The molecule has 1 atom stereocenters. The maximum absolute atomic E-state index is 12.9. The van der Waals surface area contributed by atoms with Crippen molar-refractivity contribution in [2.24, 2.45) is 0 Å². The van der Waals surface area contributed by atoms with Gasteiger partial charge in [0.05, 0.1) is 0 Å². The Morgan fingerprint density at radius 1 is 0.263 bits per heavy atom. The highest BCUT2D eigenvalue weighted by molar-refractivity contribution is 5.71. The van der Waals surface area contributed by atoms with Crippen molar-refractivity contribution in [3.63, 3.8) is 0 Å². The van der Waals surface area contributed by atoms with E-state index >= 15 is 0 Å². The second kappa shape index (κ2) is 67.3. The second-order valence-corrected chi connectivity index (χ2v) is 22.0. The maximum atomic E-state index is 12.9. The van der Waals surface area contributed by atoms with Crippen molar-refractivity contribution in [2.45, 2.75) is 316 Å². The molecule has 0 aliphatic carbocycles. The molecule has 0 bridgehead atoms. The van der Waals surface area contributed by atoms with Gasteiger partial charge in [-0.3, -0.25) is 14.4 Å². The molecule has 1 unspecified atom stereocenters. The van der Waals surface area contributed by atoms with Crippen LogP contribution in [0, 0.1) is 0 Å². The number of rotatable bonds is 60. The van der Waals surface area contributed by atoms with Gasteiger partial charge in [-0.2, -0.15) is 0 Å². The fraction of sp³-hybridized carbons (Fsp3) is 0.689. The van der Waals surface area contributed by atoms with Gasteiger partial charge < -0.3 is 14.2 Å². The van der Waals surface area contributed by atoms with Crippen LogP contribution in [0.25, 0.3) is 0 Å². The zero-order chi connectivity index (χ0) is 57.8. The number of esters is 3. The van der Waals surface area contributed by atoms with Gasteiger partial charge in [0.2, 0.25) is 0 Å². The summed E-state index contributed by atoms with van der Waals surface area (Å²) in [5, 5.41) is 0. The molecule has 0 fully saturated rings. The van der Waals surface area contributed by atoms with Gasteiger partial charge in [0.1, 0.15) is 13.2 Å². The molecule has 0 aliphatic rings. The lowest BCUT2D eigenvalue weighted by molar-refractivity contribution is -0.167. The zero-order valence-electron chi connectivity index (χ0n) is 52.3. The number of carbonyl (C=O) groups excluding carboxylic acids is 3. The highest BCUT2D eigenvalue weighted by Crippen LogP contribution is 2.16. The summed E-state index contributed by atoms with van der Waals surface area (Å²) in [4.78, 5) is 38.3. The van der Waals surface area contributed by atoms with Crippen LogP contribution in [0.1, 0.15) is 310 Å². The number of unbranched alkanes of at least 4 members (excludes halogenated alkanes) is 29. The lowest BCUT2D eigenvalue weighted by atomic mass is 10.0. The normalized spacial score (nSPS) is 12.9. The molecule has 0 aromatic heterocycles. The maximum Gasteiger partial charge on any atom is 0.306 e. The predicted octanol–water partition coefficient (Wildman–Crippen LogP) is 23.2. The fourth-order valence-electron chi connectivity index (χ4n) is 9.15. The van der Waals surface area contributed by atoms with E-state index in [2.05, 4.69) is 142 Å². The van der Waals surface area contributed by atoms with Crippen molar-refractivity contribution >= 4 is 17.9 Å². The van der Waals surface area contributed by atoms with E-state index < -0.39 is 6.10 Å². The Balaban J connectivity index is 4.17. The number of hydrogen-bond donors (Lipinski definition) is 0. The first-order chi connectivity index (χ1) is 39.5. The molecule has 456 valence electrons.